The van der Waals surface area contributed by atoms with E-state index in [1.807, 2.05) is 6.92 Å². The Morgan fingerprint density at radius 1 is 1.23 bits per heavy atom. The van der Waals surface area contributed by atoms with Gasteiger partial charge in [-0.3, -0.25) is 9.59 Å². The van der Waals surface area contributed by atoms with E-state index in [-0.39, 0.29) is 17.9 Å². The van der Waals surface area contributed by atoms with Gasteiger partial charge in [-0.25, -0.2) is 0 Å². The van der Waals surface area contributed by atoms with Crippen molar-refractivity contribution in [2.45, 2.75) is 19.4 Å². The van der Waals surface area contributed by atoms with Crippen molar-refractivity contribution in [3.8, 4) is 5.75 Å². The fourth-order valence-electron chi connectivity index (χ4n) is 2.50. The highest BCUT2D eigenvalue weighted by Crippen LogP contribution is 2.15. The van der Waals surface area contributed by atoms with E-state index in [9.17, 15) is 9.59 Å². The van der Waals surface area contributed by atoms with Gasteiger partial charge in [0.2, 0.25) is 5.91 Å². The first-order valence-electron chi connectivity index (χ1n) is 7.48. The van der Waals surface area contributed by atoms with Gasteiger partial charge in [0.1, 0.15) is 5.75 Å². The summed E-state index contributed by atoms with van der Waals surface area (Å²) in [7, 11) is 1.58. The minimum absolute atomic E-state index is 0.0295. The smallest absolute Gasteiger partial charge is 0.254 e. The average molecular weight is 305 g/mol. The van der Waals surface area contributed by atoms with E-state index in [4.69, 9.17) is 10.5 Å². The molecular weight excluding hydrogens is 282 g/mol. The minimum Gasteiger partial charge on any atom is -0.497 e. The van der Waals surface area contributed by atoms with Crippen LogP contribution in [0.4, 0.5) is 0 Å². The SMILES string of the molecule is COc1cccc(C(=O)N2CCN(C(=O)CC(C)N)CC2)c1. The van der Waals surface area contributed by atoms with Crippen LogP contribution in [0.1, 0.15) is 23.7 Å². The minimum atomic E-state index is -0.135. The number of piperazine rings is 1. The number of benzene rings is 1. The number of nitrogens with two attached hydrogens (primary N) is 1. The Morgan fingerprint density at radius 2 is 1.86 bits per heavy atom. The normalized spacial score (nSPS) is 16.3. The number of methoxy groups -OCH3 is 1. The van der Waals surface area contributed by atoms with E-state index in [1.165, 1.54) is 0 Å². The van der Waals surface area contributed by atoms with Crippen molar-refractivity contribution < 1.29 is 14.3 Å². The van der Waals surface area contributed by atoms with Crippen LogP contribution >= 0.6 is 0 Å². The molecule has 2 amide bonds. The third kappa shape index (κ3) is 3.98. The largest absolute Gasteiger partial charge is 0.497 e. The number of hydrogen-bond acceptors (Lipinski definition) is 4. The van der Waals surface area contributed by atoms with Crippen LogP contribution in [0.2, 0.25) is 0 Å². The number of ether oxygens (including phenoxy) is 1. The van der Waals surface area contributed by atoms with Gasteiger partial charge in [-0.05, 0) is 25.1 Å². The summed E-state index contributed by atoms with van der Waals surface area (Å²) in [6, 6.07) is 6.98. The van der Waals surface area contributed by atoms with E-state index in [2.05, 4.69) is 0 Å². The molecule has 1 aliphatic heterocycles. The lowest BCUT2D eigenvalue weighted by Crippen LogP contribution is -2.51. The lowest BCUT2D eigenvalue weighted by Gasteiger charge is -2.35. The zero-order valence-corrected chi connectivity index (χ0v) is 13.1. The predicted molar refractivity (Wildman–Crippen MR) is 83.7 cm³/mol. The maximum atomic E-state index is 12.5. The van der Waals surface area contributed by atoms with E-state index < -0.39 is 0 Å². The van der Waals surface area contributed by atoms with Crippen LogP contribution in [0.3, 0.4) is 0 Å². The molecule has 1 saturated heterocycles. The van der Waals surface area contributed by atoms with Crippen molar-refractivity contribution in [1.82, 2.24) is 9.80 Å². The fraction of sp³-hybridized carbons (Fsp3) is 0.500. The zero-order chi connectivity index (χ0) is 16.1. The van der Waals surface area contributed by atoms with Gasteiger partial charge < -0.3 is 20.3 Å². The fourth-order valence-corrected chi connectivity index (χ4v) is 2.50. The molecule has 120 valence electrons. The molecule has 1 atom stereocenters. The first kappa shape index (κ1) is 16.3. The molecule has 0 spiro atoms. The van der Waals surface area contributed by atoms with E-state index >= 15 is 0 Å². The Kier molecular flexibility index (Phi) is 5.38. The molecule has 2 rings (SSSR count). The Hall–Kier alpha value is -2.08. The van der Waals surface area contributed by atoms with Gasteiger partial charge in [-0.1, -0.05) is 6.07 Å². The Bertz CT molecular complexity index is 537. The molecule has 1 fully saturated rings. The highest BCUT2D eigenvalue weighted by atomic mass is 16.5. The zero-order valence-electron chi connectivity index (χ0n) is 13.1. The third-order valence-electron chi connectivity index (χ3n) is 3.73. The maximum absolute atomic E-state index is 12.5. The van der Waals surface area contributed by atoms with Crippen LogP contribution in [0.25, 0.3) is 0 Å². The van der Waals surface area contributed by atoms with Crippen LogP contribution in [0.15, 0.2) is 24.3 Å². The molecule has 1 unspecified atom stereocenters. The van der Waals surface area contributed by atoms with Crippen LogP contribution in [-0.4, -0.2) is 60.9 Å². The molecule has 1 aliphatic rings. The average Bonchev–Trinajstić information content (AvgIpc) is 2.53. The number of hydrogen-bond donors (Lipinski definition) is 1. The second-order valence-electron chi connectivity index (χ2n) is 5.59. The second-order valence-corrected chi connectivity index (χ2v) is 5.59. The Labute approximate surface area is 130 Å². The molecule has 2 N–H and O–H groups in total. The second kappa shape index (κ2) is 7.26. The molecule has 0 aromatic heterocycles. The summed E-state index contributed by atoms with van der Waals surface area (Å²) in [4.78, 5) is 28.0. The summed E-state index contributed by atoms with van der Waals surface area (Å²) < 4.78 is 5.14. The summed E-state index contributed by atoms with van der Waals surface area (Å²) in [6.45, 7) is 4.02. The van der Waals surface area contributed by atoms with Gasteiger partial charge in [-0.15, -0.1) is 0 Å². The first-order chi connectivity index (χ1) is 10.5. The van der Waals surface area contributed by atoms with E-state index in [0.29, 0.717) is 43.9 Å². The molecule has 1 aromatic carbocycles. The van der Waals surface area contributed by atoms with Crippen molar-refractivity contribution >= 4 is 11.8 Å². The molecule has 0 radical (unpaired) electrons. The van der Waals surface area contributed by atoms with Gasteiger partial charge in [0.05, 0.1) is 7.11 Å². The molecule has 0 saturated carbocycles. The van der Waals surface area contributed by atoms with Crippen LogP contribution in [0.5, 0.6) is 5.75 Å². The standard InChI is InChI=1S/C16H23N3O3/c1-12(17)10-15(20)18-6-8-19(9-7-18)16(21)13-4-3-5-14(11-13)22-2/h3-5,11-12H,6-10,17H2,1-2H3. The summed E-state index contributed by atoms with van der Waals surface area (Å²) in [5, 5.41) is 0. The summed E-state index contributed by atoms with van der Waals surface area (Å²) in [6.07, 6.45) is 0.351. The lowest BCUT2D eigenvalue weighted by molar-refractivity contribution is -0.132. The number of nitrogens with zero attached hydrogens (tertiary/aromatic N) is 2. The van der Waals surface area contributed by atoms with Crippen LogP contribution in [0, 0.1) is 0 Å². The third-order valence-corrected chi connectivity index (χ3v) is 3.73. The number of carbonyl (C=O) groups is 2. The molecule has 6 nitrogen and oxygen atoms in total. The number of carbonyl (C=O) groups excluding carboxylic acids is 2. The molecule has 0 aliphatic carbocycles. The monoisotopic (exact) mass is 305 g/mol. The quantitative estimate of drug-likeness (QED) is 0.889. The molecule has 1 heterocycles. The number of amides is 2. The Morgan fingerprint density at radius 3 is 2.45 bits per heavy atom. The maximum Gasteiger partial charge on any atom is 0.254 e. The number of rotatable bonds is 4. The van der Waals surface area contributed by atoms with Gasteiger partial charge in [0.15, 0.2) is 0 Å². The topological polar surface area (TPSA) is 75.9 Å². The molecule has 0 bridgehead atoms. The van der Waals surface area contributed by atoms with Gasteiger partial charge >= 0.3 is 0 Å². The predicted octanol–water partition coefficient (Wildman–Crippen LogP) is 0.717. The van der Waals surface area contributed by atoms with Gasteiger partial charge in [0, 0.05) is 44.2 Å². The molecule has 1 aromatic rings. The van der Waals surface area contributed by atoms with E-state index in [0.717, 1.165) is 0 Å². The lowest BCUT2D eigenvalue weighted by atomic mass is 10.1. The summed E-state index contributed by atoms with van der Waals surface area (Å²) >= 11 is 0. The Balaban J connectivity index is 1.93. The van der Waals surface area contributed by atoms with Crippen molar-refractivity contribution in [2.75, 3.05) is 33.3 Å². The van der Waals surface area contributed by atoms with Crippen molar-refractivity contribution in [1.29, 1.82) is 0 Å². The first-order valence-corrected chi connectivity index (χ1v) is 7.48. The van der Waals surface area contributed by atoms with Crippen LogP contribution in [-0.2, 0) is 4.79 Å². The molecule has 22 heavy (non-hydrogen) atoms. The van der Waals surface area contributed by atoms with Crippen molar-refractivity contribution in [2.24, 2.45) is 5.73 Å². The van der Waals surface area contributed by atoms with Gasteiger partial charge in [0.25, 0.3) is 5.91 Å². The molecule has 6 heteroatoms. The summed E-state index contributed by atoms with van der Waals surface area (Å²) in [5.41, 5.74) is 6.26. The van der Waals surface area contributed by atoms with E-state index in [1.54, 1.807) is 41.2 Å². The van der Waals surface area contributed by atoms with Gasteiger partial charge in [-0.2, -0.15) is 0 Å². The van der Waals surface area contributed by atoms with Crippen LogP contribution < -0.4 is 10.5 Å². The highest BCUT2D eigenvalue weighted by Gasteiger charge is 2.25. The summed E-state index contributed by atoms with van der Waals surface area (Å²) in [5.74, 6) is 0.693. The van der Waals surface area contributed by atoms with Crippen molar-refractivity contribution in [3.05, 3.63) is 29.8 Å². The molecular formula is C16H23N3O3. The highest BCUT2D eigenvalue weighted by molar-refractivity contribution is 5.94. The van der Waals surface area contributed by atoms with Crippen molar-refractivity contribution in [3.63, 3.8) is 0 Å².